The van der Waals surface area contributed by atoms with Gasteiger partial charge in [-0.1, -0.05) is 13.3 Å². The molecule has 1 fully saturated rings. The smallest absolute Gasteiger partial charge is 0.217 e. The van der Waals surface area contributed by atoms with Gasteiger partial charge in [-0.3, -0.25) is 4.79 Å². The van der Waals surface area contributed by atoms with Crippen LogP contribution in [0.3, 0.4) is 0 Å². The average molecular weight is 141 g/mol. The van der Waals surface area contributed by atoms with Crippen LogP contribution in [0.2, 0.25) is 0 Å². The first kappa shape index (κ1) is 7.58. The molecule has 1 saturated carbocycles. The first-order valence-corrected chi connectivity index (χ1v) is 3.97. The van der Waals surface area contributed by atoms with Crippen LogP contribution in [0.1, 0.15) is 33.1 Å². The molecule has 1 N–H and O–H groups in total. The van der Waals surface area contributed by atoms with E-state index in [1.165, 1.54) is 19.3 Å². The Hall–Kier alpha value is -0.530. The van der Waals surface area contributed by atoms with Crippen LogP contribution < -0.4 is 5.32 Å². The van der Waals surface area contributed by atoms with Crippen molar-refractivity contribution in [1.82, 2.24) is 5.32 Å². The summed E-state index contributed by atoms with van der Waals surface area (Å²) in [5.74, 6) is 0.794. The molecular formula is C8H15NO. The molecule has 2 nitrogen and oxygen atoms in total. The molecule has 1 rings (SSSR count). The van der Waals surface area contributed by atoms with E-state index in [2.05, 4.69) is 12.2 Å². The van der Waals surface area contributed by atoms with E-state index in [0.29, 0.717) is 12.0 Å². The van der Waals surface area contributed by atoms with Crippen molar-refractivity contribution in [2.45, 2.75) is 39.2 Å². The minimum Gasteiger partial charge on any atom is -0.353 e. The maximum Gasteiger partial charge on any atom is 0.217 e. The van der Waals surface area contributed by atoms with Gasteiger partial charge in [0.05, 0.1) is 0 Å². The Kier molecular flexibility index (Phi) is 2.30. The average Bonchev–Trinajstić information content (AvgIpc) is 2.15. The van der Waals surface area contributed by atoms with Crippen LogP contribution >= 0.6 is 0 Å². The number of hydrogen-bond acceptors (Lipinski definition) is 1. The highest BCUT2D eigenvalue weighted by atomic mass is 16.1. The zero-order valence-corrected chi connectivity index (χ0v) is 6.68. The maximum atomic E-state index is 10.6. The molecule has 0 aromatic carbocycles. The second-order valence-corrected chi connectivity index (χ2v) is 3.22. The summed E-state index contributed by atoms with van der Waals surface area (Å²) in [6, 6.07) is 0.456. The highest BCUT2D eigenvalue weighted by molar-refractivity contribution is 5.73. The summed E-state index contributed by atoms with van der Waals surface area (Å²) in [6.45, 7) is 3.79. The van der Waals surface area contributed by atoms with Crippen LogP contribution in [0.5, 0.6) is 0 Å². The summed E-state index contributed by atoms with van der Waals surface area (Å²) in [5.41, 5.74) is 0. The molecule has 58 valence electrons. The topological polar surface area (TPSA) is 29.1 Å². The molecule has 1 amide bonds. The quantitative estimate of drug-likeness (QED) is 0.586. The van der Waals surface area contributed by atoms with Gasteiger partial charge in [-0.2, -0.15) is 0 Å². The monoisotopic (exact) mass is 141 g/mol. The fourth-order valence-electron chi connectivity index (χ4n) is 1.62. The van der Waals surface area contributed by atoms with E-state index in [0.717, 1.165) is 0 Å². The van der Waals surface area contributed by atoms with Gasteiger partial charge in [0.25, 0.3) is 0 Å². The number of hydrogen-bond donors (Lipinski definition) is 1. The van der Waals surface area contributed by atoms with E-state index in [1.807, 2.05) is 0 Å². The summed E-state index contributed by atoms with van der Waals surface area (Å²) in [4.78, 5) is 10.6. The maximum absolute atomic E-state index is 10.6. The largest absolute Gasteiger partial charge is 0.353 e. The Bertz CT molecular complexity index is 133. The molecule has 0 unspecified atom stereocenters. The highest BCUT2D eigenvalue weighted by Gasteiger charge is 2.23. The lowest BCUT2D eigenvalue weighted by Crippen LogP contribution is -2.34. The van der Waals surface area contributed by atoms with Gasteiger partial charge in [-0.25, -0.2) is 0 Å². The number of rotatable bonds is 1. The van der Waals surface area contributed by atoms with Gasteiger partial charge in [0, 0.05) is 13.0 Å². The first-order chi connectivity index (χ1) is 4.70. The number of carbonyl (C=O) groups excluding carboxylic acids is 1. The zero-order valence-electron chi connectivity index (χ0n) is 6.68. The van der Waals surface area contributed by atoms with Gasteiger partial charge in [0.15, 0.2) is 0 Å². The zero-order chi connectivity index (χ0) is 7.56. The third-order valence-corrected chi connectivity index (χ3v) is 2.25. The number of carbonyl (C=O) groups is 1. The Morgan fingerprint density at radius 3 is 2.60 bits per heavy atom. The molecule has 0 radical (unpaired) electrons. The van der Waals surface area contributed by atoms with Crippen molar-refractivity contribution in [3.63, 3.8) is 0 Å². The Morgan fingerprint density at radius 1 is 1.50 bits per heavy atom. The van der Waals surface area contributed by atoms with Crippen molar-refractivity contribution >= 4 is 5.91 Å². The van der Waals surface area contributed by atoms with Crippen molar-refractivity contribution < 1.29 is 4.79 Å². The van der Waals surface area contributed by atoms with Gasteiger partial charge < -0.3 is 5.32 Å². The molecule has 0 aromatic heterocycles. The van der Waals surface area contributed by atoms with E-state index in [1.54, 1.807) is 6.92 Å². The normalized spacial score (nSPS) is 32.2. The molecule has 0 spiro atoms. The SMILES string of the molecule is CC(=O)N[C@@H]1CCC[C@@H]1C. The minimum atomic E-state index is 0.110. The van der Waals surface area contributed by atoms with Crippen molar-refractivity contribution in [3.05, 3.63) is 0 Å². The predicted molar refractivity (Wildman–Crippen MR) is 40.6 cm³/mol. The third kappa shape index (κ3) is 1.72. The summed E-state index contributed by atoms with van der Waals surface area (Å²) in [5, 5.41) is 2.95. The van der Waals surface area contributed by atoms with Gasteiger partial charge in [-0.15, -0.1) is 0 Å². The van der Waals surface area contributed by atoms with Crippen LogP contribution in [0.15, 0.2) is 0 Å². The lowest BCUT2D eigenvalue weighted by atomic mass is 10.1. The van der Waals surface area contributed by atoms with Crippen LogP contribution in [0.25, 0.3) is 0 Å². The van der Waals surface area contributed by atoms with Gasteiger partial charge in [0.2, 0.25) is 5.91 Å². The van der Waals surface area contributed by atoms with Gasteiger partial charge >= 0.3 is 0 Å². The van der Waals surface area contributed by atoms with E-state index in [4.69, 9.17) is 0 Å². The number of nitrogens with one attached hydrogen (secondary N) is 1. The van der Waals surface area contributed by atoms with Crippen LogP contribution in [0.4, 0.5) is 0 Å². The van der Waals surface area contributed by atoms with E-state index >= 15 is 0 Å². The Morgan fingerprint density at radius 2 is 2.20 bits per heavy atom. The van der Waals surface area contributed by atoms with E-state index in [-0.39, 0.29) is 5.91 Å². The van der Waals surface area contributed by atoms with Gasteiger partial charge in [-0.05, 0) is 18.8 Å². The summed E-state index contributed by atoms with van der Waals surface area (Å²) in [7, 11) is 0. The van der Waals surface area contributed by atoms with Crippen LogP contribution in [-0.4, -0.2) is 11.9 Å². The van der Waals surface area contributed by atoms with Crippen molar-refractivity contribution in [1.29, 1.82) is 0 Å². The summed E-state index contributed by atoms with van der Waals surface area (Å²) >= 11 is 0. The number of amides is 1. The minimum absolute atomic E-state index is 0.110. The first-order valence-electron chi connectivity index (χ1n) is 3.97. The van der Waals surface area contributed by atoms with Crippen molar-refractivity contribution in [3.8, 4) is 0 Å². The molecule has 0 aliphatic heterocycles. The van der Waals surface area contributed by atoms with Crippen LogP contribution in [0, 0.1) is 5.92 Å². The predicted octanol–water partition coefficient (Wildman–Crippen LogP) is 1.31. The molecule has 0 saturated heterocycles. The summed E-state index contributed by atoms with van der Waals surface area (Å²) in [6.07, 6.45) is 3.71. The summed E-state index contributed by atoms with van der Waals surface area (Å²) < 4.78 is 0. The molecular weight excluding hydrogens is 126 g/mol. The molecule has 0 bridgehead atoms. The second-order valence-electron chi connectivity index (χ2n) is 3.22. The molecule has 1 aliphatic rings. The third-order valence-electron chi connectivity index (χ3n) is 2.25. The molecule has 2 heteroatoms. The standard InChI is InChI=1S/C8H15NO/c1-6-4-3-5-8(6)9-7(2)10/h6,8H,3-5H2,1-2H3,(H,9,10)/t6-,8+/m0/s1. The Balaban J connectivity index is 2.33. The van der Waals surface area contributed by atoms with Gasteiger partial charge in [0.1, 0.15) is 0 Å². The van der Waals surface area contributed by atoms with E-state index in [9.17, 15) is 4.79 Å². The Labute approximate surface area is 62.0 Å². The molecule has 1 aliphatic carbocycles. The molecule has 0 aromatic rings. The molecule has 0 heterocycles. The van der Waals surface area contributed by atoms with Crippen LogP contribution in [-0.2, 0) is 4.79 Å². The van der Waals surface area contributed by atoms with E-state index < -0.39 is 0 Å². The lowest BCUT2D eigenvalue weighted by molar-refractivity contribution is -0.119. The fourth-order valence-corrected chi connectivity index (χ4v) is 1.62. The highest BCUT2D eigenvalue weighted by Crippen LogP contribution is 2.24. The second kappa shape index (κ2) is 3.04. The molecule has 10 heavy (non-hydrogen) atoms. The van der Waals surface area contributed by atoms with Crippen molar-refractivity contribution in [2.75, 3.05) is 0 Å². The lowest BCUT2D eigenvalue weighted by Gasteiger charge is -2.15. The van der Waals surface area contributed by atoms with Crippen molar-refractivity contribution in [2.24, 2.45) is 5.92 Å². The molecule has 2 atom stereocenters. The fraction of sp³-hybridized carbons (Fsp3) is 0.875.